The minimum atomic E-state index is -1.26. The molecule has 1 aliphatic rings. The van der Waals surface area contributed by atoms with Crippen LogP contribution in [0.3, 0.4) is 0 Å². The van der Waals surface area contributed by atoms with Gasteiger partial charge in [-0.25, -0.2) is 4.99 Å². The second-order valence-corrected chi connectivity index (χ2v) is 10.6. The maximum Gasteiger partial charge on any atom is 0.252 e. The first-order valence-electron chi connectivity index (χ1n) is 14.7. The van der Waals surface area contributed by atoms with Crippen LogP contribution in [0.25, 0.3) is 0 Å². The van der Waals surface area contributed by atoms with E-state index in [-0.39, 0.29) is 12.5 Å². The van der Waals surface area contributed by atoms with Crippen LogP contribution >= 0.6 is 0 Å². The molecule has 1 amide bonds. The number of nitrogens with one attached hydrogen (secondary N) is 1. The number of carbonyl (C=O) groups excluding carboxylic acids is 1. The van der Waals surface area contributed by atoms with Crippen molar-refractivity contribution in [2.24, 2.45) is 4.99 Å². The number of ether oxygens (including phenoxy) is 4. The van der Waals surface area contributed by atoms with E-state index < -0.39 is 11.6 Å². The van der Waals surface area contributed by atoms with Crippen LogP contribution in [0.4, 0.5) is 0 Å². The van der Waals surface area contributed by atoms with E-state index in [0.29, 0.717) is 55.6 Å². The number of benzene rings is 4. The number of carbonyl (C=O) groups is 1. The molecule has 0 spiro atoms. The van der Waals surface area contributed by atoms with Gasteiger partial charge < -0.3 is 29.4 Å². The summed E-state index contributed by atoms with van der Waals surface area (Å²) in [5.41, 5.74) is 2.33. The molecule has 2 atom stereocenters. The zero-order chi connectivity index (χ0) is 30.8. The molecular weight excluding hydrogens is 556 g/mol. The molecular formula is C36H38N2O6. The van der Waals surface area contributed by atoms with Crippen LogP contribution in [0, 0.1) is 0 Å². The van der Waals surface area contributed by atoms with Crippen LogP contribution < -0.4 is 19.5 Å². The van der Waals surface area contributed by atoms with Crippen molar-refractivity contribution in [2.45, 2.75) is 30.9 Å². The molecule has 5 rings (SSSR count). The summed E-state index contributed by atoms with van der Waals surface area (Å²) in [5, 5.41) is 12.2. The van der Waals surface area contributed by atoms with E-state index in [2.05, 4.69) is 5.32 Å². The second kappa shape index (κ2) is 14.6. The predicted molar refractivity (Wildman–Crippen MR) is 170 cm³/mol. The minimum Gasteiger partial charge on any atom is -0.494 e. The zero-order valence-corrected chi connectivity index (χ0v) is 25.1. The Morgan fingerprint density at radius 2 is 1.59 bits per heavy atom. The van der Waals surface area contributed by atoms with E-state index in [9.17, 15) is 4.79 Å². The average molecular weight is 595 g/mol. The Hall–Kier alpha value is -4.82. The predicted octanol–water partition coefficient (Wildman–Crippen LogP) is 5.32. The van der Waals surface area contributed by atoms with Gasteiger partial charge in [0.15, 0.2) is 23.1 Å². The van der Waals surface area contributed by atoms with E-state index in [1.54, 1.807) is 14.2 Å². The lowest BCUT2D eigenvalue weighted by atomic mass is 9.82. The van der Waals surface area contributed by atoms with Gasteiger partial charge in [-0.2, -0.15) is 0 Å². The van der Waals surface area contributed by atoms with Crippen LogP contribution in [0.5, 0.6) is 17.2 Å². The first kappa shape index (κ1) is 30.6. The molecule has 0 saturated carbocycles. The van der Waals surface area contributed by atoms with Gasteiger partial charge in [-0.1, -0.05) is 66.7 Å². The molecule has 0 aliphatic carbocycles. The maximum atomic E-state index is 14.4. The highest BCUT2D eigenvalue weighted by atomic mass is 16.5. The Morgan fingerprint density at radius 1 is 0.886 bits per heavy atom. The van der Waals surface area contributed by atoms with Crippen molar-refractivity contribution in [3.63, 3.8) is 0 Å². The van der Waals surface area contributed by atoms with Crippen molar-refractivity contribution in [2.75, 3.05) is 34.0 Å². The van der Waals surface area contributed by atoms with Gasteiger partial charge in [0.25, 0.3) is 5.91 Å². The number of methoxy groups -OCH3 is 2. The second-order valence-electron chi connectivity index (χ2n) is 10.6. The van der Waals surface area contributed by atoms with Crippen LogP contribution in [-0.2, 0) is 22.4 Å². The Bertz CT molecular complexity index is 1540. The van der Waals surface area contributed by atoms with Crippen LogP contribution in [0.2, 0.25) is 0 Å². The molecule has 4 aromatic rings. The van der Waals surface area contributed by atoms with Crippen molar-refractivity contribution < 1.29 is 28.8 Å². The summed E-state index contributed by atoms with van der Waals surface area (Å²) in [6, 6.07) is 32.9. The largest absolute Gasteiger partial charge is 0.494 e. The standard InChI is InChI=1S/C36H38N2O6/c1-41-31-19-14-26(24-32(31)42-2)20-21-37-35(40)36(25-27-10-5-3-6-11-27)33(28-12-7-4-8-13-28)44-34(38-36)29-15-17-30(18-16-29)43-23-9-22-39/h3-8,10-19,24,33,39H,9,20-23,25H2,1-2H3,(H,37,40)/t33-,36-/m1/s1. The fraction of sp³-hybridized carbons (Fsp3) is 0.278. The summed E-state index contributed by atoms with van der Waals surface area (Å²) in [6.07, 6.45) is 0.847. The first-order valence-corrected chi connectivity index (χ1v) is 14.7. The third kappa shape index (κ3) is 7.03. The summed E-state index contributed by atoms with van der Waals surface area (Å²) in [6.45, 7) is 0.896. The molecule has 0 unspecified atom stereocenters. The van der Waals surface area contributed by atoms with Crippen molar-refractivity contribution in [1.82, 2.24) is 5.32 Å². The van der Waals surface area contributed by atoms with Gasteiger partial charge in [0.2, 0.25) is 5.90 Å². The van der Waals surface area contributed by atoms with Gasteiger partial charge in [0, 0.05) is 31.6 Å². The topological polar surface area (TPSA) is 98.6 Å². The van der Waals surface area contributed by atoms with Gasteiger partial charge in [-0.3, -0.25) is 4.79 Å². The molecule has 2 N–H and O–H groups in total. The Morgan fingerprint density at radius 3 is 2.27 bits per heavy atom. The first-order chi connectivity index (χ1) is 21.6. The number of aliphatic imine (C=N–C) groups is 1. The van der Waals surface area contributed by atoms with Crippen molar-refractivity contribution in [3.05, 3.63) is 125 Å². The monoisotopic (exact) mass is 594 g/mol. The Balaban J connectivity index is 1.46. The molecule has 0 bridgehead atoms. The molecule has 228 valence electrons. The molecule has 44 heavy (non-hydrogen) atoms. The smallest absolute Gasteiger partial charge is 0.252 e. The zero-order valence-electron chi connectivity index (χ0n) is 25.1. The number of amides is 1. The highest BCUT2D eigenvalue weighted by molar-refractivity contribution is 6.01. The number of rotatable bonds is 14. The molecule has 1 heterocycles. The maximum absolute atomic E-state index is 14.4. The Kier molecular flexibility index (Phi) is 10.1. The van der Waals surface area contributed by atoms with Gasteiger partial charge in [-0.05, 0) is 59.5 Å². The van der Waals surface area contributed by atoms with E-state index in [1.807, 2.05) is 103 Å². The number of nitrogens with zero attached hydrogens (tertiary/aromatic N) is 1. The summed E-state index contributed by atoms with van der Waals surface area (Å²) in [7, 11) is 3.21. The van der Waals surface area contributed by atoms with Gasteiger partial charge in [0.05, 0.1) is 20.8 Å². The third-order valence-electron chi connectivity index (χ3n) is 7.60. The van der Waals surface area contributed by atoms with Gasteiger partial charge >= 0.3 is 0 Å². The summed E-state index contributed by atoms with van der Waals surface area (Å²) in [5.74, 6) is 2.16. The number of aliphatic hydroxyl groups excluding tert-OH is 1. The number of hydrogen-bond donors (Lipinski definition) is 2. The van der Waals surface area contributed by atoms with Gasteiger partial charge in [0.1, 0.15) is 5.75 Å². The third-order valence-corrected chi connectivity index (χ3v) is 7.60. The quantitative estimate of drug-likeness (QED) is 0.192. The number of aliphatic hydroxyl groups is 1. The fourth-order valence-corrected chi connectivity index (χ4v) is 5.33. The normalized spacial score (nSPS) is 17.3. The van der Waals surface area contributed by atoms with Crippen LogP contribution in [0.15, 0.2) is 108 Å². The van der Waals surface area contributed by atoms with Crippen molar-refractivity contribution in [3.8, 4) is 17.2 Å². The fourth-order valence-electron chi connectivity index (χ4n) is 5.33. The molecule has 0 aromatic heterocycles. The lowest BCUT2D eigenvalue weighted by Gasteiger charge is -2.31. The average Bonchev–Trinajstić information content (AvgIpc) is 3.46. The van der Waals surface area contributed by atoms with E-state index in [1.165, 1.54) is 0 Å². The molecule has 4 aromatic carbocycles. The molecule has 8 heteroatoms. The summed E-state index contributed by atoms with van der Waals surface area (Å²) < 4.78 is 23.1. The van der Waals surface area contributed by atoms with Crippen LogP contribution in [-0.4, -0.2) is 56.4 Å². The van der Waals surface area contributed by atoms with E-state index >= 15 is 0 Å². The van der Waals surface area contributed by atoms with Crippen molar-refractivity contribution >= 4 is 11.8 Å². The lowest BCUT2D eigenvalue weighted by Crippen LogP contribution is -2.50. The van der Waals surface area contributed by atoms with E-state index in [4.69, 9.17) is 29.0 Å². The molecule has 0 radical (unpaired) electrons. The number of hydrogen-bond acceptors (Lipinski definition) is 7. The minimum absolute atomic E-state index is 0.0729. The molecule has 8 nitrogen and oxygen atoms in total. The van der Waals surface area contributed by atoms with Gasteiger partial charge in [-0.15, -0.1) is 0 Å². The summed E-state index contributed by atoms with van der Waals surface area (Å²) in [4.78, 5) is 19.5. The lowest BCUT2D eigenvalue weighted by molar-refractivity contribution is -0.128. The molecule has 0 saturated heterocycles. The van der Waals surface area contributed by atoms with Crippen LogP contribution in [0.1, 0.15) is 34.8 Å². The summed E-state index contributed by atoms with van der Waals surface area (Å²) >= 11 is 0. The highest BCUT2D eigenvalue weighted by Crippen LogP contribution is 2.42. The van der Waals surface area contributed by atoms with Crippen molar-refractivity contribution in [1.29, 1.82) is 0 Å². The molecule has 1 aliphatic heterocycles. The molecule has 0 fully saturated rings. The highest BCUT2D eigenvalue weighted by Gasteiger charge is 2.53. The van der Waals surface area contributed by atoms with E-state index in [0.717, 1.165) is 22.3 Å². The Labute approximate surface area is 258 Å². The SMILES string of the molecule is COc1ccc(CCNC(=O)[C@]2(Cc3ccccc3)N=C(c3ccc(OCCCO)cc3)O[C@@H]2c2ccccc2)cc1OC.